The number of imidazole rings is 1. The summed E-state index contributed by atoms with van der Waals surface area (Å²) in [6, 6.07) is 4.98. The number of aromatic nitrogens is 6. The van der Waals surface area contributed by atoms with Gasteiger partial charge in [0.15, 0.2) is 11.5 Å². The van der Waals surface area contributed by atoms with E-state index in [9.17, 15) is 13.2 Å². The molecule has 5 rings (SSSR count). The lowest BCUT2D eigenvalue weighted by atomic mass is 10.0. The molecule has 4 N–H and O–H groups in total. The summed E-state index contributed by atoms with van der Waals surface area (Å²) >= 11 is 0. The Morgan fingerprint density at radius 1 is 0.938 bits per heavy atom. The smallest absolute Gasteiger partial charge is 0.382 e. The first-order valence-corrected chi connectivity index (χ1v) is 10.5. The van der Waals surface area contributed by atoms with Crippen molar-refractivity contribution < 1.29 is 13.2 Å². The number of alkyl halides is 3. The quantitative estimate of drug-likeness (QED) is 0.468. The van der Waals surface area contributed by atoms with Crippen LogP contribution in [-0.2, 0) is 6.54 Å². The highest BCUT2D eigenvalue weighted by Crippen LogP contribution is 2.30. The Balaban J connectivity index is 0.000000354. The van der Waals surface area contributed by atoms with Crippen LogP contribution in [0.1, 0.15) is 44.3 Å². The highest BCUT2D eigenvalue weighted by Gasteiger charge is 2.30. The van der Waals surface area contributed by atoms with Crippen molar-refractivity contribution in [3.8, 4) is 11.3 Å². The van der Waals surface area contributed by atoms with Gasteiger partial charge in [0.25, 0.3) is 0 Å². The van der Waals surface area contributed by atoms with Crippen LogP contribution in [0.25, 0.3) is 27.9 Å². The van der Waals surface area contributed by atoms with E-state index >= 15 is 0 Å². The molecule has 1 fully saturated rings. The van der Waals surface area contributed by atoms with Gasteiger partial charge in [-0.15, -0.1) is 5.10 Å². The van der Waals surface area contributed by atoms with Crippen molar-refractivity contribution in [2.75, 3.05) is 11.5 Å². The predicted molar refractivity (Wildman–Crippen MR) is 117 cm³/mol. The third-order valence-electron chi connectivity index (χ3n) is 5.45. The van der Waals surface area contributed by atoms with Crippen LogP contribution < -0.4 is 11.5 Å². The van der Waals surface area contributed by atoms with Crippen molar-refractivity contribution in [2.24, 2.45) is 0 Å². The van der Waals surface area contributed by atoms with Crippen LogP contribution in [0.2, 0.25) is 0 Å². The zero-order valence-corrected chi connectivity index (χ0v) is 17.7. The minimum Gasteiger partial charge on any atom is -0.382 e. The first kappa shape index (κ1) is 21.8. The zero-order chi connectivity index (χ0) is 22.9. The second-order valence-electron chi connectivity index (χ2n) is 7.90. The molecule has 0 saturated heterocycles. The Hall–Kier alpha value is -3.37. The highest BCUT2D eigenvalue weighted by molar-refractivity contribution is 5.88. The summed E-state index contributed by atoms with van der Waals surface area (Å²) in [5.74, 6) is 0.401. The third kappa shape index (κ3) is 4.61. The van der Waals surface area contributed by atoms with Crippen LogP contribution in [-0.4, -0.2) is 35.3 Å². The van der Waals surface area contributed by atoms with Crippen LogP contribution in [0.4, 0.5) is 24.9 Å². The van der Waals surface area contributed by atoms with Gasteiger partial charge in [0.2, 0.25) is 5.95 Å². The lowest BCUT2D eigenvalue weighted by Gasteiger charge is -2.10. The molecule has 1 saturated carbocycles. The Morgan fingerprint density at radius 2 is 1.59 bits per heavy atom. The van der Waals surface area contributed by atoms with Gasteiger partial charge < -0.3 is 16.0 Å². The number of pyridine rings is 1. The Labute approximate surface area is 182 Å². The van der Waals surface area contributed by atoms with Gasteiger partial charge in [-0.05, 0) is 25.1 Å². The fourth-order valence-corrected chi connectivity index (χ4v) is 3.97. The summed E-state index contributed by atoms with van der Waals surface area (Å²) in [5, 5.41) is 4.02. The van der Waals surface area contributed by atoms with Crippen molar-refractivity contribution in [3.63, 3.8) is 0 Å². The van der Waals surface area contributed by atoms with Gasteiger partial charge in [0.05, 0.1) is 5.69 Å². The Bertz CT molecular complexity index is 1230. The lowest BCUT2D eigenvalue weighted by Crippen LogP contribution is -2.18. The Kier molecular flexibility index (Phi) is 5.90. The molecule has 0 bridgehead atoms. The normalized spacial score (nSPS) is 14.5. The van der Waals surface area contributed by atoms with E-state index in [0.29, 0.717) is 22.3 Å². The number of aryl methyl sites for hydroxylation is 1. The molecule has 0 atom stereocenters. The van der Waals surface area contributed by atoms with Crippen molar-refractivity contribution >= 4 is 28.4 Å². The van der Waals surface area contributed by atoms with Crippen LogP contribution in [0.3, 0.4) is 0 Å². The maximum Gasteiger partial charge on any atom is 0.406 e. The van der Waals surface area contributed by atoms with Crippen LogP contribution in [0.5, 0.6) is 0 Å². The van der Waals surface area contributed by atoms with Gasteiger partial charge in [-0.2, -0.15) is 18.2 Å². The fraction of sp³-hybridized carbons (Fsp3) is 0.429. The molecular weight excluding hydrogens is 421 g/mol. The van der Waals surface area contributed by atoms with E-state index in [4.69, 9.17) is 11.5 Å². The van der Waals surface area contributed by atoms with Crippen LogP contribution in [0, 0.1) is 6.92 Å². The Morgan fingerprint density at radius 3 is 2.22 bits per heavy atom. The summed E-state index contributed by atoms with van der Waals surface area (Å²) in [5.41, 5.74) is 13.5. The van der Waals surface area contributed by atoms with Crippen molar-refractivity contribution in [2.45, 2.75) is 58.2 Å². The van der Waals surface area contributed by atoms with E-state index < -0.39 is 12.7 Å². The second kappa shape index (κ2) is 8.64. The fourth-order valence-electron chi connectivity index (χ4n) is 3.97. The molecule has 0 spiro atoms. The molecule has 0 unspecified atom stereocenters. The van der Waals surface area contributed by atoms with Gasteiger partial charge >= 0.3 is 6.18 Å². The molecule has 4 heterocycles. The summed E-state index contributed by atoms with van der Waals surface area (Å²) in [6.45, 7) is 0.347. The molecule has 0 aromatic carbocycles. The number of fused-ring (bicyclic) bond motifs is 2. The molecule has 1 aliphatic carbocycles. The van der Waals surface area contributed by atoms with E-state index in [-0.39, 0.29) is 23.2 Å². The predicted octanol–water partition coefficient (Wildman–Crippen LogP) is 4.52. The molecule has 32 heavy (non-hydrogen) atoms. The average Bonchev–Trinajstić information content (AvgIpc) is 3.30. The number of nitrogens with two attached hydrogens (primary N) is 2. The number of hydrogen-bond acceptors (Lipinski definition) is 6. The SMILES string of the molecule is C1CCCCC1.Cc1nc2ccc(-c3ccn4nc(N)nc(N)c34)nc2n1CC(F)(F)F. The highest BCUT2D eigenvalue weighted by atomic mass is 19.4. The minimum absolute atomic E-state index is 0.0134. The maximum atomic E-state index is 12.9. The van der Waals surface area contributed by atoms with E-state index in [1.165, 1.54) is 50.0 Å². The molecule has 4 aromatic heterocycles. The van der Waals surface area contributed by atoms with Crippen LogP contribution in [0.15, 0.2) is 24.4 Å². The van der Waals surface area contributed by atoms with Gasteiger partial charge in [-0.25, -0.2) is 14.5 Å². The van der Waals surface area contributed by atoms with Crippen molar-refractivity contribution in [1.82, 2.24) is 29.1 Å². The lowest BCUT2D eigenvalue weighted by molar-refractivity contribution is -0.140. The number of anilines is 2. The summed E-state index contributed by atoms with van der Waals surface area (Å²) in [7, 11) is 0. The molecule has 0 radical (unpaired) electrons. The van der Waals surface area contributed by atoms with E-state index in [1.807, 2.05) is 0 Å². The monoisotopic (exact) mass is 446 g/mol. The van der Waals surface area contributed by atoms with E-state index in [1.54, 1.807) is 24.4 Å². The van der Waals surface area contributed by atoms with Gasteiger partial charge in [-0.3, -0.25) is 0 Å². The molecule has 0 amide bonds. The number of halogens is 3. The molecule has 11 heteroatoms. The number of rotatable bonds is 2. The maximum absolute atomic E-state index is 12.9. The number of nitrogens with zero attached hydrogens (tertiary/aromatic N) is 6. The van der Waals surface area contributed by atoms with Gasteiger partial charge in [-0.1, -0.05) is 38.5 Å². The molecule has 1 aliphatic rings. The van der Waals surface area contributed by atoms with Crippen molar-refractivity contribution in [1.29, 1.82) is 0 Å². The number of nitrogen functional groups attached to an aromatic ring is 2. The molecule has 4 aromatic rings. The molecule has 170 valence electrons. The zero-order valence-electron chi connectivity index (χ0n) is 17.7. The van der Waals surface area contributed by atoms with Crippen LogP contribution >= 0.6 is 0 Å². The van der Waals surface area contributed by atoms with Gasteiger partial charge in [0.1, 0.15) is 23.4 Å². The standard InChI is InChI=1S/C15H13F3N8.C6H12/c1-7-21-10-3-2-9(22-13(10)25(7)6-15(16,17)18)8-4-5-26-11(8)12(19)23-14(20)24-26;1-2-4-6-5-3-1/h2-5H,6H2,1H3,(H4,19,20,23,24);1-6H2. The summed E-state index contributed by atoms with van der Waals surface area (Å²) in [6.07, 6.45) is 6.25. The first-order chi connectivity index (χ1) is 15.2. The second-order valence-corrected chi connectivity index (χ2v) is 7.90. The first-order valence-electron chi connectivity index (χ1n) is 10.5. The van der Waals surface area contributed by atoms with E-state index in [2.05, 4.69) is 20.1 Å². The van der Waals surface area contributed by atoms with Gasteiger partial charge in [0, 0.05) is 11.8 Å². The third-order valence-corrected chi connectivity index (χ3v) is 5.45. The van der Waals surface area contributed by atoms with Crippen molar-refractivity contribution in [3.05, 3.63) is 30.2 Å². The average molecular weight is 446 g/mol. The number of hydrogen-bond donors (Lipinski definition) is 2. The largest absolute Gasteiger partial charge is 0.406 e. The topological polar surface area (TPSA) is 113 Å². The molecular formula is C21H25F3N8. The van der Waals surface area contributed by atoms with E-state index in [0.717, 1.165) is 4.57 Å². The summed E-state index contributed by atoms with van der Waals surface area (Å²) in [4.78, 5) is 12.4. The molecule has 8 nitrogen and oxygen atoms in total. The molecule has 0 aliphatic heterocycles. The minimum atomic E-state index is -4.38. The summed E-state index contributed by atoms with van der Waals surface area (Å²) < 4.78 is 41.1.